The molecule has 0 aliphatic rings. The summed E-state index contributed by atoms with van der Waals surface area (Å²) in [5.41, 5.74) is 0. The third kappa shape index (κ3) is 22.4. The molecule has 0 rings (SSSR count). The van der Waals surface area contributed by atoms with Crippen molar-refractivity contribution in [3.05, 3.63) is 26.0 Å². The van der Waals surface area contributed by atoms with Gasteiger partial charge in [-0.1, -0.05) is 156 Å². The fourth-order valence-electron chi connectivity index (χ4n) is 4.51. The Morgan fingerprint density at radius 1 is 0.500 bits per heavy atom. The minimum absolute atomic E-state index is 0.770. The summed E-state index contributed by atoms with van der Waals surface area (Å²) in [7, 11) is 0. The zero-order chi connectivity index (χ0) is 22.3. The average molecular weight is 419 g/mol. The lowest BCUT2D eigenvalue weighted by molar-refractivity contribution is 0.400. The maximum Gasteiger partial charge on any atom is -0.0262 e. The highest BCUT2D eigenvalue weighted by molar-refractivity contribution is 4.86. The second kappa shape index (κ2) is 23.4. The Bertz CT molecular complexity index is 342. The lowest BCUT2D eigenvalue weighted by atomic mass is 9.93. The van der Waals surface area contributed by atoms with Crippen LogP contribution in [-0.2, 0) is 0 Å². The van der Waals surface area contributed by atoms with Crippen molar-refractivity contribution in [3.63, 3.8) is 0 Å². The quantitative estimate of drug-likeness (QED) is 0.114. The highest BCUT2D eigenvalue weighted by atomic mass is 14.1. The van der Waals surface area contributed by atoms with Crippen molar-refractivity contribution in [2.45, 2.75) is 149 Å². The van der Waals surface area contributed by atoms with Gasteiger partial charge in [0.2, 0.25) is 0 Å². The summed E-state index contributed by atoms with van der Waals surface area (Å²) in [6, 6.07) is 0. The van der Waals surface area contributed by atoms with Gasteiger partial charge in [-0.05, 0) is 37.0 Å². The third-order valence-electron chi connectivity index (χ3n) is 6.78. The van der Waals surface area contributed by atoms with E-state index in [1.807, 2.05) is 0 Å². The van der Waals surface area contributed by atoms with Crippen molar-refractivity contribution >= 4 is 0 Å². The van der Waals surface area contributed by atoms with E-state index in [0.29, 0.717) is 0 Å². The van der Waals surface area contributed by atoms with Crippen LogP contribution >= 0.6 is 0 Å². The Kier molecular flexibility index (Phi) is 23.2. The van der Waals surface area contributed by atoms with Crippen LogP contribution in [0, 0.1) is 31.6 Å². The first-order valence-corrected chi connectivity index (χ1v) is 13.8. The van der Waals surface area contributed by atoms with Gasteiger partial charge in [0.15, 0.2) is 0 Å². The summed E-state index contributed by atoms with van der Waals surface area (Å²) in [5, 5.41) is 0. The highest BCUT2D eigenvalue weighted by Crippen LogP contribution is 2.20. The topological polar surface area (TPSA) is 0 Å². The minimum Gasteiger partial charge on any atom is -0.0883 e. The summed E-state index contributed by atoms with van der Waals surface area (Å²) in [6.45, 7) is 15.1. The normalized spacial score (nSPS) is 15.0. The molecule has 0 saturated heterocycles. The highest BCUT2D eigenvalue weighted by Gasteiger charge is 2.05. The van der Waals surface area contributed by atoms with E-state index in [2.05, 4.69) is 46.8 Å². The molecule has 0 amide bonds. The van der Waals surface area contributed by atoms with Crippen molar-refractivity contribution in [2.75, 3.05) is 0 Å². The van der Waals surface area contributed by atoms with Gasteiger partial charge in [0, 0.05) is 0 Å². The standard InChI is InChI=1S/C30H58/c1-6-8-9-10-15-18-23-29(4)24-19-16-13-11-12-14-17-20-25-30(5)27-21-26-28(3)22-7-2/h19,24,28-30H,1-2,6-18,20-23,25-27H2,3-5H3. The third-order valence-corrected chi connectivity index (χ3v) is 6.78. The van der Waals surface area contributed by atoms with E-state index in [0.717, 1.165) is 30.6 Å². The molecule has 0 aliphatic heterocycles. The molecule has 0 aliphatic carbocycles. The summed E-state index contributed by atoms with van der Waals surface area (Å²) >= 11 is 0. The molecule has 0 saturated carbocycles. The predicted octanol–water partition coefficient (Wildman–Crippen LogP) is 10.9. The van der Waals surface area contributed by atoms with Crippen molar-refractivity contribution in [1.29, 1.82) is 0 Å². The molecule has 0 aromatic rings. The van der Waals surface area contributed by atoms with Crippen LogP contribution in [0.4, 0.5) is 0 Å². The van der Waals surface area contributed by atoms with Crippen LogP contribution in [0.1, 0.15) is 149 Å². The summed E-state index contributed by atoms with van der Waals surface area (Å²) < 4.78 is 0. The Labute approximate surface area is 193 Å². The van der Waals surface area contributed by atoms with Gasteiger partial charge < -0.3 is 0 Å². The molecular formula is C30H58. The smallest absolute Gasteiger partial charge is 0.0262 e. The first-order valence-electron chi connectivity index (χ1n) is 13.8. The molecule has 178 valence electrons. The van der Waals surface area contributed by atoms with E-state index >= 15 is 0 Å². The maximum absolute atomic E-state index is 3.98. The van der Waals surface area contributed by atoms with Crippen LogP contribution in [0.5, 0.6) is 0 Å². The van der Waals surface area contributed by atoms with Crippen LogP contribution in [-0.4, -0.2) is 0 Å². The fourth-order valence-corrected chi connectivity index (χ4v) is 4.51. The number of rotatable bonds is 23. The summed E-state index contributed by atoms with van der Waals surface area (Å²) in [6.07, 6.45) is 32.3. The number of hydrogen-bond donors (Lipinski definition) is 0. The molecule has 3 atom stereocenters. The first-order chi connectivity index (χ1) is 14.6. The fraction of sp³-hybridized carbons (Fsp3) is 0.867. The minimum atomic E-state index is 0.770. The largest absolute Gasteiger partial charge is 0.0883 e. The summed E-state index contributed by atoms with van der Waals surface area (Å²) in [4.78, 5) is 0. The van der Waals surface area contributed by atoms with Crippen molar-refractivity contribution in [1.82, 2.24) is 0 Å². The van der Waals surface area contributed by atoms with E-state index < -0.39 is 0 Å². The second-order valence-corrected chi connectivity index (χ2v) is 10.3. The van der Waals surface area contributed by atoms with Gasteiger partial charge in [0.1, 0.15) is 0 Å². The van der Waals surface area contributed by atoms with Crippen LogP contribution in [0.2, 0.25) is 0 Å². The number of allylic oxidation sites excluding steroid dienone is 2. The molecule has 0 heteroatoms. The molecule has 0 heterocycles. The Hall–Kier alpha value is -0.260. The summed E-state index contributed by atoms with van der Waals surface area (Å²) in [5.74, 6) is 2.58. The Morgan fingerprint density at radius 3 is 1.63 bits per heavy atom. The van der Waals surface area contributed by atoms with E-state index in [1.54, 1.807) is 0 Å². The van der Waals surface area contributed by atoms with Crippen molar-refractivity contribution in [3.8, 4) is 0 Å². The van der Waals surface area contributed by atoms with Gasteiger partial charge in [-0.15, -0.1) is 0 Å². The van der Waals surface area contributed by atoms with E-state index in [4.69, 9.17) is 0 Å². The van der Waals surface area contributed by atoms with Crippen molar-refractivity contribution < 1.29 is 0 Å². The molecule has 0 aromatic heterocycles. The maximum atomic E-state index is 3.98. The Morgan fingerprint density at radius 2 is 1.00 bits per heavy atom. The molecule has 0 aromatic carbocycles. The molecular weight excluding hydrogens is 360 g/mol. The zero-order valence-electron chi connectivity index (χ0n) is 21.4. The number of hydrogen-bond acceptors (Lipinski definition) is 0. The van der Waals surface area contributed by atoms with E-state index in [9.17, 15) is 0 Å². The molecule has 2 radical (unpaired) electrons. The van der Waals surface area contributed by atoms with Crippen LogP contribution < -0.4 is 0 Å². The Balaban J connectivity index is 3.35. The lowest BCUT2D eigenvalue weighted by Gasteiger charge is -2.13. The van der Waals surface area contributed by atoms with E-state index in [1.165, 1.54) is 116 Å². The monoisotopic (exact) mass is 418 g/mol. The lowest BCUT2D eigenvalue weighted by Crippen LogP contribution is -1.99. The van der Waals surface area contributed by atoms with Crippen molar-refractivity contribution in [2.24, 2.45) is 17.8 Å². The van der Waals surface area contributed by atoms with Gasteiger partial charge in [0.25, 0.3) is 0 Å². The van der Waals surface area contributed by atoms with Crippen LogP contribution in [0.25, 0.3) is 0 Å². The molecule has 0 fully saturated rings. The van der Waals surface area contributed by atoms with Gasteiger partial charge in [-0.3, -0.25) is 0 Å². The second-order valence-electron chi connectivity index (χ2n) is 10.3. The van der Waals surface area contributed by atoms with Gasteiger partial charge in [0.05, 0.1) is 0 Å². The van der Waals surface area contributed by atoms with Gasteiger partial charge in [-0.2, -0.15) is 0 Å². The first kappa shape index (κ1) is 29.7. The number of unbranched alkanes of at least 4 members (excludes halogenated alkanes) is 11. The van der Waals surface area contributed by atoms with E-state index in [-0.39, 0.29) is 0 Å². The molecule has 0 spiro atoms. The molecule has 3 unspecified atom stereocenters. The van der Waals surface area contributed by atoms with Crippen LogP contribution in [0.3, 0.4) is 0 Å². The predicted molar refractivity (Wildman–Crippen MR) is 140 cm³/mol. The molecule has 0 N–H and O–H groups in total. The zero-order valence-corrected chi connectivity index (χ0v) is 21.4. The molecule has 0 bridgehead atoms. The SMILES string of the molecule is [CH2]CCCCCCCC(C)C=CCCCCCCCCC(C)CCCC(C)CC[CH2]. The van der Waals surface area contributed by atoms with Crippen LogP contribution in [0.15, 0.2) is 12.2 Å². The molecule has 30 heavy (non-hydrogen) atoms. The van der Waals surface area contributed by atoms with Gasteiger partial charge in [-0.25, -0.2) is 0 Å². The average Bonchev–Trinajstić information content (AvgIpc) is 2.72. The van der Waals surface area contributed by atoms with Gasteiger partial charge >= 0.3 is 0 Å². The molecule has 0 nitrogen and oxygen atoms in total.